The molecule has 134 valence electrons. The van der Waals surface area contributed by atoms with Gasteiger partial charge in [0.2, 0.25) is 5.91 Å². The minimum atomic E-state index is -3.27. The standard InChI is InChI=1S/C18H17N3O4S/c1-26(24,25)13-8-6-12(7-9-13)19-17(22)11-10-16-20-15-5-3-2-4-14(15)18(23)21-16/h2-9H,10-11H2,1H3,(H,19,22)(H,20,21,23). The molecule has 1 aromatic heterocycles. The number of rotatable bonds is 5. The van der Waals surface area contributed by atoms with Crippen molar-refractivity contribution in [3.8, 4) is 0 Å². The Morgan fingerprint density at radius 1 is 1.12 bits per heavy atom. The fraction of sp³-hybridized carbons (Fsp3) is 0.167. The average molecular weight is 371 g/mol. The van der Waals surface area contributed by atoms with Gasteiger partial charge in [0.25, 0.3) is 5.56 Å². The maximum atomic E-state index is 12.1. The van der Waals surface area contributed by atoms with E-state index < -0.39 is 9.84 Å². The Kier molecular flexibility index (Phi) is 4.85. The van der Waals surface area contributed by atoms with E-state index in [9.17, 15) is 18.0 Å². The molecule has 0 fully saturated rings. The minimum absolute atomic E-state index is 0.134. The lowest BCUT2D eigenvalue weighted by Gasteiger charge is -2.06. The first-order valence-corrected chi connectivity index (χ1v) is 9.80. The Bertz CT molecular complexity index is 1120. The number of aryl methyl sites for hydroxylation is 1. The second kappa shape index (κ2) is 7.09. The topological polar surface area (TPSA) is 109 Å². The molecule has 0 saturated heterocycles. The van der Waals surface area contributed by atoms with Gasteiger partial charge in [-0.3, -0.25) is 9.59 Å². The van der Waals surface area contributed by atoms with E-state index in [0.717, 1.165) is 6.26 Å². The SMILES string of the molecule is CS(=O)(=O)c1ccc(NC(=O)CCc2nc3ccccc3c(=O)[nH]2)cc1. The van der Waals surface area contributed by atoms with Gasteiger partial charge in [-0.05, 0) is 36.4 Å². The van der Waals surface area contributed by atoms with Gasteiger partial charge in [-0.1, -0.05) is 12.1 Å². The van der Waals surface area contributed by atoms with Gasteiger partial charge < -0.3 is 10.3 Å². The van der Waals surface area contributed by atoms with Gasteiger partial charge in [-0.15, -0.1) is 0 Å². The lowest BCUT2D eigenvalue weighted by atomic mass is 10.2. The molecular weight excluding hydrogens is 354 g/mol. The second-order valence-electron chi connectivity index (χ2n) is 5.87. The van der Waals surface area contributed by atoms with Crippen molar-refractivity contribution in [3.63, 3.8) is 0 Å². The van der Waals surface area contributed by atoms with E-state index in [1.807, 2.05) is 0 Å². The maximum Gasteiger partial charge on any atom is 0.258 e. The molecule has 0 atom stereocenters. The van der Waals surface area contributed by atoms with Crippen molar-refractivity contribution in [1.82, 2.24) is 9.97 Å². The molecule has 0 aliphatic carbocycles. The molecule has 0 unspecified atom stereocenters. The number of sulfone groups is 1. The molecule has 26 heavy (non-hydrogen) atoms. The van der Waals surface area contributed by atoms with E-state index in [0.29, 0.717) is 22.4 Å². The average Bonchev–Trinajstić information content (AvgIpc) is 2.60. The summed E-state index contributed by atoms with van der Waals surface area (Å²) in [7, 11) is -3.27. The van der Waals surface area contributed by atoms with E-state index in [4.69, 9.17) is 0 Å². The highest BCUT2D eigenvalue weighted by Crippen LogP contribution is 2.14. The van der Waals surface area contributed by atoms with Crippen LogP contribution < -0.4 is 10.9 Å². The van der Waals surface area contributed by atoms with E-state index in [1.54, 1.807) is 24.3 Å². The smallest absolute Gasteiger partial charge is 0.258 e. The summed E-state index contributed by atoms with van der Waals surface area (Å²) < 4.78 is 22.8. The molecule has 0 saturated carbocycles. The number of benzene rings is 2. The van der Waals surface area contributed by atoms with Gasteiger partial charge in [-0.25, -0.2) is 13.4 Å². The van der Waals surface area contributed by atoms with Gasteiger partial charge in [0.05, 0.1) is 15.8 Å². The monoisotopic (exact) mass is 371 g/mol. The van der Waals surface area contributed by atoms with Gasteiger partial charge in [0, 0.05) is 24.8 Å². The number of carbonyl (C=O) groups excluding carboxylic acids is 1. The molecule has 0 radical (unpaired) electrons. The number of aromatic amines is 1. The lowest BCUT2D eigenvalue weighted by Crippen LogP contribution is -2.16. The Hall–Kier alpha value is -3.00. The first kappa shape index (κ1) is 17.8. The van der Waals surface area contributed by atoms with Gasteiger partial charge >= 0.3 is 0 Å². The third kappa shape index (κ3) is 4.15. The van der Waals surface area contributed by atoms with Crippen LogP contribution in [-0.2, 0) is 21.1 Å². The zero-order valence-corrected chi connectivity index (χ0v) is 14.8. The van der Waals surface area contributed by atoms with Crippen LogP contribution in [0.25, 0.3) is 10.9 Å². The van der Waals surface area contributed by atoms with Crippen molar-refractivity contribution in [3.05, 3.63) is 64.7 Å². The second-order valence-corrected chi connectivity index (χ2v) is 7.89. The molecule has 0 aliphatic rings. The number of amides is 1. The summed E-state index contributed by atoms with van der Waals surface area (Å²) in [5.74, 6) is 0.184. The lowest BCUT2D eigenvalue weighted by molar-refractivity contribution is -0.116. The first-order chi connectivity index (χ1) is 12.3. The van der Waals surface area contributed by atoms with Crippen molar-refractivity contribution in [2.45, 2.75) is 17.7 Å². The molecular formula is C18H17N3O4S. The van der Waals surface area contributed by atoms with Crippen molar-refractivity contribution in [1.29, 1.82) is 0 Å². The summed E-state index contributed by atoms with van der Waals surface area (Å²) in [5, 5.41) is 3.20. The number of hydrogen-bond acceptors (Lipinski definition) is 5. The summed E-state index contributed by atoms with van der Waals surface area (Å²) >= 11 is 0. The van der Waals surface area contributed by atoms with Crippen molar-refractivity contribution in [2.75, 3.05) is 11.6 Å². The largest absolute Gasteiger partial charge is 0.326 e. The molecule has 1 amide bonds. The van der Waals surface area contributed by atoms with E-state index >= 15 is 0 Å². The van der Waals surface area contributed by atoms with Crippen LogP contribution in [0.1, 0.15) is 12.2 Å². The fourth-order valence-corrected chi connectivity index (χ4v) is 3.12. The number of aromatic nitrogens is 2. The summed E-state index contributed by atoms with van der Waals surface area (Å²) in [4.78, 5) is 31.3. The van der Waals surface area contributed by atoms with Gasteiger partial charge in [0.1, 0.15) is 5.82 Å². The number of nitrogens with zero attached hydrogens (tertiary/aromatic N) is 1. The van der Waals surface area contributed by atoms with Crippen LogP contribution in [0.2, 0.25) is 0 Å². The highest BCUT2D eigenvalue weighted by Gasteiger charge is 2.09. The molecule has 2 aromatic carbocycles. The van der Waals surface area contributed by atoms with Crippen LogP contribution in [0.15, 0.2) is 58.2 Å². The van der Waals surface area contributed by atoms with E-state index in [-0.39, 0.29) is 29.2 Å². The molecule has 3 aromatic rings. The van der Waals surface area contributed by atoms with Crippen LogP contribution in [0.4, 0.5) is 5.69 Å². The van der Waals surface area contributed by atoms with Crippen LogP contribution in [0.5, 0.6) is 0 Å². The predicted molar refractivity (Wildman–Crippen MR) is 98.9 cm³/mol. The molecule has 3 rings (SSSR count). The minimum Gasteiger partial charge on any atom is -0.326 e. The van der Waals surface area contributed by atoms with Crippen molar-refractivity contribution < 1.29 is 13.2 Å². The Morgan fingerprint density at radius 2 is 1.81 bits per heavy atom. The molecule has 7 nitrogen and oxygen atoms in total. The van der Waals surface area contributed by atoms with Crippen LogP contribution in [-0.4, -0.2) is 30.5 Å². The van der Waals surface area contributed by atoms with Gasteiger partial charge in [-0.2, -0.15) is 0 Å². The third-order valence-electron chi connectivity index (χ3n) is 3.82. The van der Waals surface area contributed by atoms with Crippen LogP contribution in [0.3, 0.4) is 0 Å². The summed E-state index contributed by atoms with van der Waals surface area (Å²) in [6.07, 6.45) is 1.54. The Morgan fingerprint density at radius 3 is 2.50 bits per heavy atom. The number of nitrogens with one attached hydrogen (secondary N) is 2. The quantitative estimate of drug-likeness (QED) is 0.712. The molecule has 2 N–H and O–H groups in total. The molecule has 0 bridgehead atoms. The molecule has 0 spiro atoms. The summed E-state index contributed by atoms with van der Waals surface area (Å²) in [6, 6.07) is 12.9. The number of hydrogen-bond donors (Lipinski definition) is 2. The zero-order chi connectivity index (χ0) is 18.7. The number of fused-ring (bicyclic) bond motifs is 1. The number of H-pyrrole nitrogens is 1. The van der Waals surface area contributed by atoms with Crippen LogP contribution >= 0.6 is 0 Å². The number of carbonyl (C=O) groups is 1. The normalized spacial score (nSPS) is 11.4. The first-order valence-electron chi connectivity index (χ1n) is 7.91. The number of para-hydroxylation sites is 1. The van der Waals surface area contributed by atoms with E-state index in [1.165, 1.54) is 24.3 Å². The molecule has 0 aliphatic heterocycles. The van der Waals surface area contributed by atoms with Gasteiger partial charge in [0.15, 0.2) is 9.84 Å². The predicted octanol–water partition coefficient (Wildman–Crippen LogP) is 1.90. The highest BCUT2D eigenvalue weighted by molar-refractivity contribution is 7.90. The zero-order valence-electron chi connectivity index (χ0n) is 14.0. The van der Waals surface area contributed by atoms with E-state index in [2.05, 4.69) is 15.3 Å². The molecule has 1 heterocycles. The Balaban J connectivity index is 1.65. The molecule has 8 heteroatoms. The highest BCUT2D eigenvalue weighted by atomic mass is 32.2. The maximum absolute atomic E-state index is 12.1. The number of anilines is 1. The van der Waals surface area contributed by atoms with Crippen molar-refractivity contribution in [2.24, 2.45) is 0 Å². The van der Waals surface area contributed by atoms with Crippen molar-refractivity contribution >= 4 is 32.3 Å². The fourth-order valence-electron chi connectivity index (χ4n) is 2.49. The Labute approximate surface area is 150 Å². The third-order valence-corrected chi connectivity index (χ3v) is 4.95. The van der Waals surface area contributed by atoms with Crippen LogP contribution in [0, 0.1) is 0 Å². The summed E-state index contributed by atoms with van der Waals surface area (Å²) in [5.41, 5.74) is 0.854. The summed E-state index contributed by atoms with van der Waals surface area (Å²) in [6.45, 7) is 0.